The van der Waals surface area contributed by atoms with Crippen molar-refractivity contribution in [3.8, 4) is 5.75 Å². The van der Waals surface area contributed by atoms with E-state index in [-0.39, 0.29) is 11.9 Å². The molecule has 1 saturated heterocycles. The molecule has 0 atom stereocenters. The van der Waals surface area contributed by atoms with Crippen molar-refractivity contribution in [2.75, 3.05) is 13.1 Å². The van der Waals surface area contributed by atoms with E-state index in [0.717, 1.165) is 38.1 Å². The van der Waals surface area contributed by atoms with Gasteiger partial charge in [0.05, 0.1) is 5.56 Å². The lowest BCUT2D eigenvalue weighted by molar-refractivity contribution is -0.137. The maximum Gasteiger partial charge on any atom is 0.416 e. The van der Waals surface area contributed by atoms with E-state index in [9.17, 15) is 13.2 Å². The van der Waals surface area contributed by atoms with Gasteiger partial charge in [0.25, 0.3) is 0 Å². The molecule has 0 unspecified atom stereocenters. The van der Waals surface area contributed by atoms with Gasteiger partial charge >= 0.3 is 6.18 Å². The standard InChI is InChI=1S/C13H15F3NO/c1-17-7-5-11(6-8-17)18-12-4-2-3-10(9-12)13(14,15)16/h2-4,9,11H,1,5-8H2. The van der Waals surface area contributed by atoms with Crippen molar-refractivity contribution in [2.45, 2.75) is 25.1 Å². The van der Waals surface area contributed by atoms with Crippen molar-refractivity contribution in [3.63, 3.8) is 0 Å². The average molecular weight is 258 g/mol. The average Bonchev–Trinajstić information content (AvgIpc) is 2.31. The molecule has 0 N–H and O–H groups in total. The summed E-state index contributed by atoms with van der Waals surface area (Å²) in [4.78, 5) is 1.94. The molecule has 0 bridgehead atoms. The normalized spacial score (nSPS) is 18.9. The lowest BCUT2D eigenvalue weighted by atomic mass is 10.1. The number of benzene rings is 1. The molecule has 2 nitrogen and oxygen atoms in total. The number of halogens is 3. The van der Waals surface area contributed by atoms with Gasteiger partial charge in [0, 0.05) is 20.1 Å². The van der Waals surface area contributed by atoms with Crippen molar-refractivity contribution in [1.29, 1.82) is 0 Å². The highest BCUT2D eigenvalue weighted by Crippen LogP contribution is 2.31. The van der Waals surface area contributed by atoms with Crippen molar-refractivity contribution in [3.05, 3.63) is 36.9 Å². The van der Waals surface area contributed by atoms with Crippen molar-refractivity contribution >= 4 is 0 Å². The number of hydrogen-bond acceptors (Lipinski definition) is 2. The molecule has 0 amide bonds. The monoisotopic (exact) mass is 258 g/mol. The molecule has 1 aliphatic rings. The van der Waals surface area contributed by atoms with E-state index in [1.54, 1.807) is 6.07 Å². The first-order valence-corrected chi connectivity index (χ1v) is 5.84. The van der Waals surface area contributed by atoms with Gasteiger partial charge in [0.1, 0.15) is 11.9 Å². The molecule has 18 heavy (non-hydrogen) atoms. The minimum absolute atomic E-state index is 0.0218. The van der Waals surface area contributed by atoms with Crippen LogP contribution in [0.2, 0.25) is 0 Å². The van der Waals surface area contributed by atoms with E-state index < -0.39 is 11.7 Å². The largest absolute Gasteiger partial charge is 0.490 e. The molecule has 0 spiro atoms. The van der Waals surface area contributed by atoms with Gasteiger partial charge in [0.2, 0.25) is 0 Å². The van der Waals surface area contributed by atoms with Crippen LogP contribution in [-0.2, 0) is 6.18 Å². The van der Waals surface area contributed by atoms with E-state index in [2.05, 4.69) is 7.05 Å². The molecule has 1 heterocycles. The summed E-state index contributed by atoms with van der Waals surface area (Å²) in [5, 5.41) is 0. The molecule has 2 rings (SSSR count). The second kappa shape index (κ2) is 5.18. The summed E-state index contributed by atoms with van der Waals surface area (Å²) in [6.45, 7) is 1.62. The molecular weight excluding hydrogens is 243 g/mol. The summed E-state index contributed by atoms with van der Waals surface area (Å²) < 4.78 is 43.2. The van der Waals surface area contributed by atoms with Crippen molar-refractivity contribution in [2.24, 2.45) is 0 Å². The molecule has 0 aromatic heterocycles. The van der Waals surface area contributed by atoms with Crippen LogP contribution >= 0.6 is 0 Å². The lowest BCUT2D eigenvalue weighted by Gasteiger charge is -2.29. The highest BCUT2D eigenvalue weighted by Gasteiger charge is 2.30. The smallest absolute Gasteiger partial charge is 0.416 e. The molecular formula is C13H15F3NO. The third kappa shape index (κ3) is 3.38. The SMILES string of the molecule is [CH2]N1CCC(Oc2cccc(C(F)(F)F)c2)CC1. The zero-order valence-electron chi connectivity index (χ0n) is 9.91. The summed E-state index contributed by atoms with van der Waals surface area (Å²) in [6.07, 6.45) is -2.76. The number of alkyl halides is 3. The second-order valence-electron chi connectivity index (χ2n) is 4.46. The van der Waals surface area contributed by atoms with E-state index in [1.165, 1.54) is 6.07 Å². The maximum absolute atomic E-state index is 12.5. The van der Waals surface area contributed by atoms with Crippen LogP contribution in [0, 0.1) is 7.05 Å². The fourth-order valence-corrected chi connectivity index (χ4v) is 1.97. The van der Waals surface area contributed by atoms with Crippen LogP contribution in [0.5, 0.6) is 5.75 Å². The van der Waals surface area contributed by atoms with E-state index in [1.807, 2.05) is 4.90 Å². The zero-order chi connectivity index (χ0) is 13.2. The third-order valence-corrected chi connectivity index (χ3v) is 3.00. The van der Waals surface area contributed by atoms with Crippen LogP contribution in [-0.4, -0.2) is 24.1 Å². The minimum Gasteiger partial charge on any atom is -0.490 e. The van der Waals surface area contributed by atoms with E-state index in [0.29, 0.717) is 0 Å². The number of nitrogens with zero attached hydrogens (tertiary/aromatic N) is 1. The number of rotatable bonds is 2. The number of ether oxygens (including phenoxy) is 1. The first-order valence-electron chi connectivity index (χ1n) is 5.84. The summed E-state index contributed by atoms with van der Waals surface area (Å²) in [5.41, 5.74) is -0.672. The minimum atomic E-state index is -4.32. The molecule has 99 valence electrons. The predicted octanol–water partition coefficient (Wildman–Crippen LogP) is 3.34. The lowest BCUT2D eigenvalue weighted by Crippen LogP contribution is -2.34. The van der Waals surface area contributed by atoms with Crippen LogP contribution in [0.15, 0.2) is 24.3 Å². The Morgan fingerprint density at radius 3 is 2.50 bits per heavy atom. The summed E-state index contributed by atoms with van der Waals surface area (Å²) in [7, 11) is 3.81. The van der Waals surface area contributed by atoms with Gasteiger partial charge in [-0.25, -0.2) is 0 Å². The second-order valence-corrected chi connectivity index (χ2v) is 4.46. The van der Waals surface area contributed by atoms with Crippen LogP contribution in [0.3, 0.4) is 0 Å². The molecule has 0 aliphatic carbocycles. The Hall–Kier alpha value is -1.23. The van der Waals surface area contributed by atoms with Crippen molar-refractivity contribution < 1.29 is 17.9 Å². The van der Waals surface area contributed by atoms with Crippen LogP contribution < -0.4 is 4.74 Å². The summed E-state index contributed by atoms with van der Waals surface area (Å²) in [5.74, 6) is 0.285. The van der Waals surface area contributed by atoms with Gasteiger partial charge < -0.3 is 9.64 Å². The van der Waals surface area contributed by atoms with Gasteiger partial charge in [-0.15, -0.1) is 0 Å². The van der Waals surface area contributed by atoms with Gasteiger partial charge in [-0.2, -0.15) is 13.2 Å². The predicted molar refractivity (Wildman–Crippen MR) is 62.0 cm³/mol. The summed E-state index contributed by atoms with van der Waals surface area (Å²) >= 11 is 0. The molecule has 5 heteroatoms. The Morgan fingerprint density at radius 2 is 1.89 bits per heavy atom. The highest BCUT2D eigenvalue weighted by atomic mass is 19.4. The molecule has 1 aromatic rings. The van der Waals surface area contributed by atoms with E-state index in [4.69, 9.17) is 4.74 Å². The molecule has 0 saturated carbocycles. The highest BCUT2D eigenvalue weighted by molar-refractivity contribution is 5.30. The van der Waals surface area contributed by atoms with Gasteiger partial charge in [-0.1, -0.05) is 6.07 Å². The Bertz CT molecular complexity index is 397. The summed E-state index contributed by atoms with van der Waals surface area (Å²) in [6, 6.07) is 5.03. The van der Waals surface area contributed by atoms with Crippen LogP contribution in [0.1, 0.15) is 18.4 Å². The fourth-order valence-electron chi connectivity index (χ4n) is 1.97. The number of likely N-dealkylation sites (tertiary alicyclic amines) is 1. The Labute approximate surface area is 104 Å². The topological polar surface area (TPSA) is 12.5 Å². The molecule has 1 aromatic carbocycles. The maximum atomic E-state index is 12.5. The Balaban J connectivity index is 2.01. The quantitative estimate of drug-likeness (QED) is 0.806. The Morgan fingerprint density at radius 1 is 1.22 bits per heavy atom. The van der Waals surface area contributed by atoms with Gasteiger partial charge in [-0.3, -0.25) is 0 Å². The first kappa shape index (κ1) is 13.2. The third-order valence-electron chi connectivity index (χ3n) is 3.00. The van der Waals surface area contributed by atoms with Crippen LogP contribution in [0.4, 0.5) is 13.2 Å². The van der Waals surface area contributed by atoms with E-state index >= 15 is 0 Å². The van der Waals surface area contributed by atoms with Gasteiger partial charge in [-0.05, 0) is 31.0 Å². The molecule has 1 radical (unpaired) electrons. The first-order chi connectivity index (χ1) is 8.45. The zero-order valence-corrected chi connectivity index (χ0v) is 9.91. The molecule has 1 fully saturated rings. The fraction of sp³-hybridized carbons (Fsp3) is 0.462. The Kier molecular flexibility index (Phi) is 3.80. The molecule has 1 aliphatic heterocycles. The number of piperidine rings is 1. The number of hydrogen-bond donors (Lipinski definition) is 0. The van der Waals surface area contributed by atoms with Crippen molar-refractivity contribution in [1.82, 2.24) is 4.90 Å². The van der Waals surface area contributed by atoms with Gasteiger partial charge in [0.15, 0.2) is 0 Å². The van der Waals surface area contributed by atoms with Crippen LogP contribution in [0.25, 0.3) is 0 Å².